The van der Waals surface area contributed by atoms with Gasteiger partial charge in [-0.1, -0.05) is 0 Å². The molecule has 0 bridgehead atoms. The molecule has 0 radical (unpaired) electrons. The minimum absolute atomic E-state index is 0.125. The molecular formula is C17H14N4O4. The van der Waals surface area contributed by atoms with Crippen molar-refractivity contribution in [3.05, 3.63) is 59.4 Å². The summed E-state index contributed by atoms with van der Waals surface area (Å²) in [5.41, 5.74) is 2.10. The molecule has 8 heteroatoms. The Balaban J connectivity index is 1.99. The van der Waals surface area contributed by atoms with E-state index in [9.17, 15) is 14.7 Å². The number of aromatic carboxylic acids is 1. The third kappa shape index (κ3) is 3.23. The third-order valence-electron chi connectivity index (χ3n) is 3.51. The van der Waals surface area contributed by atoms with E-state index in [1.807, 2.05) is 13.0 Å². The normalized spacial score (nSPS) is 11.1. The lowest BCUT2D eigenvalue weighted by atomic mass is 10.2. The number of esters is 1. The van der Waals surface area contributed by atoms with E-state index in [0.29, 0.717) is 16.9 Å². The van der Waals surface area contributed by atoms with E-state index in [2.05, 4.69) is 19.9 Å². The van der Waals surface area contributed by atoms with Crippen LogP contribution in [0.15, 0.2) is 52.8 Å². The number of fused-ring (bicyclic) bond motifs is 1. The summed E-state index contributed by atoms with van der Waals surface area (Å²) in [4.78, 5) is 26.9. The maximum Gasteiger partial charge on any atom is 0.358 e. The first-order valence-corrected chi connectivity index (χ1v) is 7.31. The Morgan fingerprint density at radius 3 is 2.52 bits per heavy atom. The van der Waals surface area contributed by atoms with E-state index < -0.39 is 11.9 Å². The number of carboxylic acids is 1. The molecular weight excluding hydrogens is 324 g/mol. The van der Waals surface area contributed by atoms with Crippen molar-refractivity contribution in [2.75, 3.05) is 7.11 Å². The zero-order valence-electron chi connectivity index (χ0n) is 13.5. The molecule has 8 nitrogen and oxygen atoms in total. The Labute approximate surface area is 142 Å². The average molecular weight is 338 g/mol. The number of aryl methyl sites for hydroxylation is 1. The van der Waals surface area contributed by atoms with Gasteiger partial charge in [0.05, 0.1) is 18.4 Å². The van der Waals surface area contributed by atoms with Crippen LogP contribution in [-0.2, 0) is 4.74 Å². The first kappa shape index (κ1) is 16.3. The zero-order valence-corrected chi connectivity index (χ0v) is 13.5. The van der Waals surface area contributed by atoms with Crippen LogP contribution in [0.5, 0.6) is 0 Å². The fourth-order valence-corrected chi connectivity index (χ4v) is 2.26. The van der Waals surface area contributed by atoms with Crippen LogP contribution in [0.3, 0.4) is 0 Å². The number of rotatable bonds is 4. The van der Waals surface area contributed by atoms with E-state index in [1.54, 1.807) is 40.9 Å². The number of hydrogen-bond donors (Lipinski definition) is 1. The van der Waals surface area contributed by atoms with Gasteiger partial charge in [-0.2, -0.15) is 0 Å². The predicted octanol–water partition coefficient (Wildman–Crippen LogP) is 3.54. The fraction of sp³-hybridized carbons (Fsp3) is 0.118. The molecule has 126 valence electrons. The highest BCUT2D eigenvalue weighted by molar-refractivity contribution is 5.92. The molecule has 1 N–H and O–H groups in total. The lowest BCUT2D eigenvalue weighted by Crippen LogP contribution is -1.99. The number of carbonyl (C=O) groups is 2. The van der Waals surface area contributed by atoms with Crippen LogP contribution in [0.2, 0.25) is 0 Å². The van der Waals surface area contributed by atoms with Crippen LogP contribution in [0.4, 0.5) is 11.5 Å². The van der Waals surface area contributed by atoms with Gasteiger partial charge in [0.15, 0.2) is 11.5 Å². The van der Waals surface area contributed by atoms with Crippen molar-refractivity contribution in [1.82, 2.24) is 9.38 Å². The van der Waals surface area contributed by atoms with Gasteiger partial charge in [-0.3, -0.25) is 4.40 Å². The Kier molecular flexibility index (Phi) is 4.25. The summed E-state index contributed by atoms with van der Waals surface area (Å²) in [6, 6.07) is 9.86. The zero-order chi connectivity index (χ0) is 18.0. The quantitative estimate of drug-likeness (QED) is 0.578. The molecule has 25 heavy (non-hydrogen) atoms. The van der Waals surface area contributed by atoms with Crippen molar-refractivity contribution in [3.63, 3.8) is 0 Å². The summed E-state index contributed by atoms with van der Waals surface area (Å²) in [7, 11) is 1.30. The molecule has 0 aliphatic carbocycles. The second-order valence-electron chi connectivity index (χ2n) is 5.26. The molecule has 0 spiro atoms. The van der Waals surface area contributed by atoms with Crippen molar-refractivity contribution < 1.29 is 19.4 Å². The van der Waals surface area contributed by atoms with E-state index in [1.165, 1.54) is 7.11 Å². The smallest absolute Gasteiger partial charge is 0.358 e. The van der Waals surface area contributed by atoms with Gasteiger partial charge in [0.25, 0.3) is 0 Å². The minimum atomic E-state index is -1.18. The lowest BCUT2D eigenvalue weighted by Gasteiger charge is -1.99. The van der Waals surface area contributed by atoms with Crippen LogP contribution in [0, 0.1) is 6.92 Å². The molecule has 3 aromatic rings. The van der Waals surface area contributed by atoms with E-state index in [4.69, 9.17) is 0 Å². The highest BCUT2D eigenvalue weighted by Gasteiger charge is 2.18. The maximum atomic E-state index is 11.4. The second-order valence-corrected chi connectivity index (χ2v) is 5.26. The number of benzene rings is 1. The molecule has 0 fully saturated rings. The van der Waals surface area contributed by atoms with Gasteiger partial charge >= 0.3 is 11.9 Å². The molecule has 3 rings (SSSR count). The van der Waals surface area contributed by atoms with Gasteiger partial charge in [0.2, 0.25) is 0 Å². The summed E-state index contributed by atoms with van der Waals surface area (Å²) in [6.45, 7) is 1.89. The first-order valence-electron chi connectivity index (χ1n) is 7.31. The van der Waals surface area contributed by atoms with E-state index in [-0.39, 0.29) is 11.5 Å². The number of carbonyl (C=O) groups excluding carboxylic acids is 1. The van der Waals surface area contributed by atoms with Gasteiger partial charge in [0.1, 0.15) is 5.65 Å². The van der Waals surface area contributed by atoms with Gasteiger partial charge in [-0.05, 0) is 48.9 Å². The van der Waals surface area contributed by atoms with Gasteiger partial charge in [-0.15, -0.1) is 10.2 Å². The maximum absolute atomic E-state index is 11.4. The van der Waals surface area contributed by atoms with Gasteiger partial charge in [-0.25, -0.2) is 14.6 Å². The Bertz CT molecular complexity index is 990. The molecule has 0 amide bonds. The highest BCUT2D eigenvalue weighted by Crippen LogP contribution is 2.25. The molecule has 0 aliphatic heterocycles. The summed E-state index contributed by atoms with van der Waals surface area (Å²) in [6.07, 6.45) is 1.69. The molecule has 0 aliphatic rings. The van der Waals surface area contributed by atoms with Crippen molar-refractivity contribution in [1.29, 1.82) is 0 Å². The van der Waals surface area contributed by atoms with Crippen molar-refractivity contribution in [2.24, 2.45) is 10.2 Å². The molecule has 1 aromatic carbocycles. The monoisotopic (exact) mass is 338 g/mol. The summed E-state index contributed by atoms with van der Waals surface area (Å²) in [5, 5.41) is 17.4. The van der Waals surface area contributed by atoms with Gasteiger partial charge < -0.3 is 9.84 Å². The number of methoxy groups -OCH3 is 1. The van der Waals surface area contributed by atoms with Crippen LogP contribution in [-0.4, -0.2) is 33.5 Å². The van der Waals surface area contributed by atoms with E-state index in [0.717, 1.165) is 5.56 Å². The number of azo groups is 1. The van der Waals surface area contributed by atoms with Crippen molar-refractivity contribution in [3.8, 4) is 0 Å². The SMILES string of the molecule is COC(=O)c1ccc(N=Nc2c(C(=O)O)nc3cc(C)ccn23)cc1. The van der Waals surface area contributed by atoms with Crippen LogP contribution in [0.1, 0.15) is 26.4 Å². The number of imidazole rings is 1. The number of pyridine rings is 1. The Morgan fingerprint density at radius 1 is 1.16 bits per heavy atom. The Morgan fingerprint density at radius 2 is 1.88 bits per heavy atom. The summed E-state index contributed by atoms with van der Waals surface area (Å²) in [5.74, 6) is -1.51. The summed E-state index contributed by atoms with van der Waals surface area (Å²) >= 11 is 0. The predicted molar refractivity (Wildman–Crippen MR) is 88.8 cm³/mol. The highest BCUT2D eigenvalue weighted by atomic mass is 16.5. The molecule has 0 saturated heterocycles. The number of nitrogens with zero attached hydrogens (tertiary/aromatic N) is 4. The molecule has 0 saturated carbocycles. The second kappa shape index (κ2) is 6.52. The first-order chi connectivity index (χ1) is 12.0. The average Bonchev–Trinajstić information content (AvgIpc) is 2.97. The lowest BCUT2D eigenvalue weighted by molar-refractivity contribution is 0.0599. The van der Waals surface area contributed by atoms with Crippen molar-refractivity contribution in [2.45, 2.75) is 6.92 Å². The molecule has 0 atom stereocenters. The van der Waals surface area contributed by atoms with E-state index >= 15 is 0 Å². The van der Waals surface area contributed by atoms with Crippen LogP contribution >= 0.6 is 0 Å². The number of ether oxygens (including phenoxy) is 1. The van der Waals surface area contributed by atoms with Crippen LogP contribution in [0.25, 0.3) is 5.65 Å². The number of hydrogen-bond acceptors (Lipinski definition) is 6. The minimum Gasteiger partial charge on any atom is -0.476 e. The van der Waals surface area contributed by atoms with Crippen molar-refractivity contribution >= 4 is 29.1 Å². The summed E-state index contributed by atoms with van der Waals surface area (Å²) < 4.78 is 6.18. The Hall–Kier alpha value is -3.55. The molecule has 2 heterocycles. The van der Waals surface area contributed by atoms with Gasteiger partial charge in [0, 0.05) is 6.20 Å². The largest absolute Gasteiger partial charge is 0.476 e. The number of carboxylic acid groups (broad SMARTS) is 1. The fourth-order valence-electron chi connectivity index (χ4n) is 2.26. The molecule has 0 unspecified atom stereocenters. The third-order valence-corrected chi connectivity index (χ3v) is 3.51. The standard InChI is InChI=1S/C17H14N4O4/c1-10-7-8-21-13(9-10)18-14(16(22)23)15(21)20-19-12-5-3-11(4-6-12)17(24)25-2/h3-9H,1-2H3,(H,22,23). The molecule has 2 aromatic heterocycles. The number of aromatic nitrogens is 2. The topological polar surface area (TPSA) is 106 Å². The van der Waals surface area contributed by atoms with Crippen LogP contribution < -0.4 is 0 Å².